The number of carbonyl (C=O) groups excluding carboxylic acids is 1. The summed E-state index contributed by atoms with van der Waals surface area (Å²) < 4.78 is 6.45. The second kappa shape index (κ2) is 8.32. The third-order valence-electron chi connectivity index (χ3n) is 2.70. The second-order valence-corrected chi connectivity index (χ2v) is 4.42. The van der Waals surface area contributed by atoms with Crippen LogP contribution >= 0.6 is 0 Å². The van der Waals surface area contributed by atoms with Gasteiger partial charge in [0.05, 0.1) is 6.61 Å². The van der Waals surface area contributed by atoms with E-state index >= 15 is 0 Å². The molecule has 2 aromatic rings. The van der Waals surface area contributed by atoms with Crippen LogP contribution in [0.2, 0.25) is 0 Å². The summed E-state index contributed by atoms with van der Waals surface area (Å²) in [5.74, 6) is 0. The maximum Gasteiger partial charge on any atom is 0.293 e. The quantitative estimate of drug-likeness (QED) is 0.776. The number of hydrogen-bond acceptors (Lipinski definition) is 3. The van der Waals surface area contributed by atoms with Crippen molar-refractivity contribution in [2.24, 2.45) is 0 Å². The third kappa shape index (κ3) is 5.14. The fraction of sp³-hybridized carbons (Fsp3) is 0.400. The molecule has 0 fully saturated rings. The summed E-state index contributed by atoms with van der Waals surface area (Å²) in [6.07, 6.45) is 2.16. The second-order valence-electron chi connectivity index (χ2n) is 4.42. The van der Waals surface area contributed by atoms with Crippen molar-refractivity contribution >= 4 is 17.4 Å². The Morgan fingerprint density at radius 1 is 1.26 bits per heavy atom. The fourth-order valence-corrected chi connectivity index (χ4v) is 1.71. The van der Waals surface area contributed by atoms with E-state index in [4.69, 9.17) is 0 Å². The van der Waals surface area contributed by atoms with Gasteiger partial charge in [0.25, 0.3) is 6.47 Å². The van der Waals surface area contributed by atoms with Crippen molar-refractivity contribution in [1.29, 1.82) is 0 Å². The molecular weight excluding hydrogens is 240 g/mol. The summed E-state index contributed by atoms with van der Waals surface area (Å²) in [4.78, 5) is 11.4. The number of rotatable bonds is 5. The molecular formula is C15H22N2O2. The first kappa shape index (κ1) is 15.2. The molecule has 0 aliphatic carbocycles. The summed E-state index contributed by atoms with van der Waals surface area (Å²) >= 11 is 0. The van der Waals surface area contributed by atoms with Crippen LogP contribution in [-0.4, -0.2) is 43.2 Å². The van der Waals surface area contributed by atoms with Crippen LogP contribution in [0.25, 0.3) is 10.9 Å². The lowest BCUT2D eigenvalue weighted by Gasteiger charge is -2.10. The molecule has 0 aliphatic heterocycles. The SMILES string of the molecule is CCOC=O.CN(C)CCn1ccc2ccccc21. The van der Waals surface area contributed by atoms with E-state index in [9.17, 15) is 4.79 Å². The van der Waals surface area contributed by atoms with E-state index < -0.39 is 0 Å². The first-order valence-corrected chi connectivity index (χ1v) is 6.43. The molecule has 0 saturated heterocycles. The molecule has 0 saturated carbocycles. The molecule has 1 aromatic carbocycles. The van der Waals surface area contributed by atoms with Crippen LogP contribution in [0.4, 0.5) is 0 Å². The Labute approximate surface area is 114 Å². The molecule has 0 bridgehead atoms. The number of likely N-dealkylation sites (N-methyl/N-ethyl adjacent to an activating group) is 1. The van der Waals surface area contributed by atoms with Gasteiger partial charge in [-0.05, 0) is 38.5 Å². The van der Waals surface area contributed by atoms with E-state index in [1.54, 1.807) is 6.92 Å². The number of benzene rings is 1. The van der Waals surface area contributed by atoms with Crippen molar-refractivity contribution in [3.63, 3.8) is 0 Å². The van der Waals surface area contributed by atoms with Gasteiger partial charge in [0.1, 0.15) is 0 Å². The van der Waals surface area contributed by atoms with Gasteiger partial charge in [-0.1, -0.05) is 18.2 Å². The maximum absolute atomic E-state index is 9.18. The molecule has 1 heterocycles. The summed E-state index contributed by atoms with van der Waals surface area (Å²) in [5, 5.41) is 1.33. The van der Waals surface area contributed by atoms with E-state index in [2.05, 4.69) is 64.8 Å². The van der Waals surface area contributed by atoms with E-state index in [1.165, 1.54) is 10.9 Å². The molecule has 19 heavy (non-hydrogen) atoms. The molecule has 0 radical (unpaired) electrons. The molecule has 2 rings (SSSR count). The van der Waals surface area contributed by atoms with Crippen molar-refractivity contribution in [2.75, 3.05) is 27.2 Å². The standard InChI is InChI=1S/C12H16N2.C3H6O2/c1-13(2)9-10-14-8-7-11-5-3-4-6-12(11)14;1-2-5-3-4/h3-8H,9-10H2,1-2H3;3H,2H2,1H3. The Morgan fingerprint density at radius 3 is 2.58 bits per heavy atom. The largest absolute Gasteiger partial charge is 0.468 e. The Morgan fingerprint density at radius 2 is 2.00 bits per heavy atom. The lowest BCUT2D eigenvalue weighted by Crippen LogP contribution is -2.17. The molecule has 0 unspecified atom stereocenters. The molecule has 4 heteroatoms. The van der Waals surface area contributed by atoms with E-state index in [-0.39, 0.29) is 0 Å². The maximum atomic E-state index is 9.18. The minimum Gasteiger partial charge on any atom is -0.468 e. The van der Waals surface area contributed by atoms with Crippen molar-refractivity contribution in [3.8, 4) is 0 Å². The van der Waals surface area contributed by atoms with Crippen LogP contribution in [-0.2, 0) is 16.1 Å². The monoisotopic (exact) mass is 262 g/mol. The van der Waals surface area contributed by atoms with Gasteiger partial charge >= 0.3 is 0 Å². The highest BCUT2D eigenvalue weighted by atomic mass is 16.5. The number of nitrogens with zero attached hydrogens (tertiary/aromatic N) is 2. The lowest BCUT2D eigenvalue weighted by molar-refractivity contribution is -0.128. The highest BCUT2D eigenvalue weighted by molar-refractivity contribution is 5.79. The van der Waals surface area contributed by atoms with Crippen LogP contribution in [0, 0.1) is 0 Å². The van der Waals surface area contributed by atoms with E-state index in [0.29, 0.717) is 13.1 Å². The van der Waals surface area contributed by atoms with Gasteiger partial charge in [-0.3, -0.25) is 4.79 Å². The number of aromatic nitrogens is 1. The van der Waals surface area contributed by atoms with Crippen molar-refractivity contribution < 1.29 is 9.53 Å². The topological polar surface area (TPSA) is 34.5 Å². The molecule has 0 amide bonds. The van der Waals surface area contributed by atoms with Gasteiger partial charge in [-0.25, -0.2) is 0 Å². The summed E-state index contributed by atoms with van der Waals surface area (Å²) in [6, 6.07) is 10.7. The fourth-order valence-electron chi connectivity index (χ4n) is 1.71. The zero-order valence-electron chi connectivity index (χ0n) is 11.9. The van der Waals surface area contributed by atoms with Gasteiger partial charge in [0.15, 0.2) is 0 Å². The number of carbonyl (C=O) groups is 1. The Bertz CT molecular complexity index is 492. The highest BCUT2D eigenvalue weighted by Crippen LogP contribution is 2.14. The van der Waals surface area contributed by atoms with Crippen LogP contribution in [0.5, 0.6) is 0 Å². The highest BCUT2D eigenvalue weighted by Gasteiger charge is 1.99. The predicted molar refractivity (Wildman–Crippen MR) is 78.2 cm³/mol. The number of hydrogen-bond donors (Lipinski definition) is 0. The van der Waals surface area contributed by atoms with Crippen molar-refractivity contribution in [1.82, 2.24) is 9.47 Å². The molecule has 4 nitrogen and oxygen atoms in total. The van der Waals surface area contributed by atoms with Crippen LogP contribution < -0.4 is 0 Å². The average molecular weight is 262 g/mol. The summed E-state index contributed by atoms with van der Waals surface area (Å²) in [5.41, 5.74) is 1.33. The van der Waals surface area contributed by atoms with Gasteiger partial charge in [-0.2, -0.15) is 0 Å². The summed E-state index contributed by atoms with van der Waals surface area (Å²) in [6.45, 7) is 4.80. The first-order chi connectivity index (χ1) is 9.19. The predicted octanol–water partition coefficient (Wildman–Crippen LogP) is 2.38. The van der Waals surface area contributed by atoms with Gasteiger partial charge in [-0.15, -0.1) is 0 Å². The molecule has 1 aromatic heterocycles. The van der Waals surface area contributed by atoms with Gasteiger partial charge in [0.2, 0.25) is 0 Å². The minimum absolute atomic E-state index is 0.431. The smallest absolute Gasteiger partial charge is 0.293 e. The van der Waals surface area contributed by atoms with Crippen LogP contribution in [0.15, 0.2) is 36.5 Å². The lowest BCUT2D eigenvalue weighted by atomic mass is 10.2. The minimum atomic E-state index is 0.431. The van der Waals surface area contributed by atoms with Crippen LogP contribution in [0.3, 0.4) is 0 Å². The molecule has 104 valence electrons. The molecule has 0 atom stereocenters. The van der Waals surface area contributed by atoms with E-state index in [1.807, 2.05) is 0 Å². The normalized spacial score (nSPS) is 10.1. The number of ether oxygens (including phenoxy) is 1. The third-order valence-corrected chi connectivity index (χ3v) is 2.70. The van der Waals surface area contributed by atoms with Gasteiger partial charge < -0.3 is 14.2 Å². The number of para-hydroxylation sites is 1. The number of fused-ring (bicyclic) bond motifs is 1. The average Bonchev–Trinajstić information content (AvgIpc) is 2.81. The molecule has 0 N–H and O–H groups in total. The zero-order chi connectivity index (χ0) is 14.1. The molecule has 0 spiro atoms. The van der Waals surface area contributed by atoms with Crippen molar-refractivity contribution in [2.45, 2.75) is 13.5 Å². The van der Waals surface area contributed by atoms with E-state index in [0.717, 1.165) is 13.1 Å². The zero-order valence-corrected chi connectivity index (χ0v) is 11.9. The first-order valence-electron chi connectivity index (χ1n) is 6.43. The Kier molecular flexibility index (Phi) is 6.68. The summed E-state index contributed by atoms with van der Waals surface area (Å²) in [7, 11) is 4.21. The van der Waals surface area contributed by atoms with Crippen molar-refractivity contribution in [3.05, 3.63) is 36.5 Å². The van der Waals surface area contributed by atoms with Crippen LogP contribution in [0.1, 0.15) is 6.92 Å². The molecule has 0 aliphatic rings. The van der Waals surface area contributed by atoms with Gasteiger partial charge in [0, 0.05) is 24.8 Å². The Balaban J connectivity index is 0.000000312. The Hall–Kier alpha value is -1.81.